The molecule has 1 fully saturated rings. The van der Waals surface area contributed by atoms with E-state index in [-0.39, 0.29) is 5.91 Å². The molecule has 0 aliphatic carbocycles. The average Bonchev–Trinajstić information content (AvgIpc) is 3.07. The van der Waals surface area contributed by atoms with Gasteiger partial charge in [0.25, 0.3) is 5.91 Å². The summed E-state index contributed by atoms with van der Waals surface area (Å²) in [6, 6.07) is 0. The van der Waals surface area contributed by atoms with Crippen molar-refractivity contribution in [2.24, 2.45) is 0 Å². The summed E-state index contributed by atoms with van der Waals surface area (Å²) in [7, 11) is 0. The number of anilines is 1. The summed E-state index contributed by atoms with van der Waals surface area (Å²) in [5.74, 6) is 0.717. The Labute approximate surface area is 146 Å². The maximum atomic E-state index is 12.4. The minimum Gasteiger partial charge on any atom is -0.390 e. The number of carbonyl (C=O) groups is 1. The van der Waals surface area contributed by atoms with E-state index in [4.69, 9.17) is 0 Å². The fourth-order valence-corrected chi connectivity index (χ4v) is 2.86. The summed E-state index contributed by atoms with van der Waals surface area (Å²) in [6.07, 6.45) is 6.13. The van der Waals surface area contributed by atoms with E-state index in [9.17, 15) is 9.90 Å². The number of aromatic nitrogens is 4. The van der Waals surface area contributed by atoms with Crippen LogP contribution in [0.25, 0.3) is 0 Å². The first-order valence-electron chi connectivity index (χ1n) is 8.39. The topological polar surface area (TPSA) is 110 Å². The van der Waals surface area contributed by atoms with Crippen LogP contribution in [-0.2, 0) is 6.54 Å². The maximum absolute atomic E-state index is 12.4. The first-order chi connectivity index (χ1) is 12.2. The Morgan fingerprint density at radius 3 is 2.80 bits per heavy atom. The monoisotopic (exact) mass is 345 g/mol. The summed E-state index contributed by atoms with van der Waals surface area (Å²) < 4.78 is 0. The number of imidazole rings is 1. The molecule has 0 aromatic carbocycles. The molecule has 0 bridgehead atoms. The fourth-order valence-electron chi connectivity index (χ4n) is 2.86. The molecular weight excluding hydrogens is 322 g/mol. The standard InChI is InChI=1S/C16H23N7O2/c1-2-17-16-20-7-12(8-21-16)9-22-5-6-23(11-13(24)10-22)15(25)14-18-3-4-19-14/h3-4,7-8,13,24H,2,5-6,9-11H2,1H3,(H,18,19)(H,17,20,21)/t13-/m1/s1. The lowest BCUT2D eigenvalue weighted by molar-refractivity contribution is 0.0653. The zero-order chi connectivity index (χ0) is 17.6. The zero-order valence-electron chi connectivity index (χ0n) is 14.2. The van der Waals surface area contributed by atoms with Crippen LogP contribution in [0.4, 0.5) is 5.95 Å². The van der Waals surface area contributed by atoms with E-state index < -0.39 is 6.10 Å². The molecule has 1 aliphatic heterocycles. The normalized spacial score (nSPS) is 18.8. The highest BCUT2D eigenvalue weighted by Crippen LogP contribution is 2.11. The Morgan fingerprint density at radius 2 is 2.12 bits per heavy atom. The molecule has 0 spiro atoms. The predicted molar refractivity (Wildman–Crippen MR) is 92.0 cm³/mol. The lowest BCUT2D eigenvalue weighted by atomic mass is 10.2. The van der Waals surface area contributed by atoms with Gasteiger partial charge in [-0.05, 0) is 6.92 Å². The van der Waals surface area contributed by atoms with Gasteiger partial charge in [0.1, 0.15) is 0 Å². The van der Waals surface area contributed by atoms with Gasteiger partial charge in [0.05, 0.1) is 6.10 Å². The number of aliphatic hydroxyl groups is 1. The number of rotatable bonds is 5. The summed E-state index contributed by atoms with van der Waals surface area (Å²) in [4.78, 5) is 31.5. The molecule has 3 rings (SSSR count). The van der Waals surface area contributed by atoms with E-state index in [0.717, 1.165) is 12.1 Å². The first-order valence-corrected chi connectivity index (χ1v) is 8.39. The molecule has 2 aromatic rings. The Balaban J connectivity index is 1.60. The van der Waals surface area contributed by atoms with Gasteiger partial charge in [-0.3, -0.25) is 9.69 Å². The van der Waals surface area contributed by atoms with E-state index in [1.807, 2.05) is 6.92 Å². The number of β-amino-alcohol motifs (C(OH)–C–C–N with tert-alkyl or cyclic N) is 1. The van der Waals surface area contributed by atoms with Gasteiger partial charge >= 0.3 is 0 Å². The van der Waals surface area contributed by atoms with Gasteiger partial charge in [0.15, 0.2) is 5.82 Å². The van der Waals surface area contributed by atoms with Gasteiger partial charge in [0, 0.05) is 69.6 Å². The molecule has 0 saturated carbocycles. The second-order valence-corrected chi connectivity index (χ2v) is 6.02. The van der Waals surface area contributed by atoms with Crippen LogP contribution in [0.5, 0.6) is 0 Å². The van der Waals surface area contributed by atoms with E-state index in [2.05, 4.69) is 30.2 Å². The number of nitrogens with zero attached hydrogens (tertiary/aromatic N) is 5. The van der Waals surface area contributed by atoms with Crippen LogP contribution in [0.2, 0.25) is 0 Å². The second kappa shape index (κ2) is 8.04. The van der Waals surface area contributed by atoms with Crippen LogP contribution < -0.4 is 5.32 Å². The van der Waals surface area contributed by atoms with Crippen LogP contribution in [0.15, 0.2) is 24.8 Å². The first kappa shape index (κ1) is 17.3. The molecule has 9 heteroatoms. The van der Waals surface area contributed by atoms with Gasteiger partial charge < -0.3 is 20.3 Å². The Hall–Kier alpha value is -2.52. The second-order valence-electron chi connectivity index (χ2n) is 6.02. The lowest BCUT2D eigenvalue weighted by Crippen LogP contribution is -2.38. The molecular formula is C16H23N7O2. The van der Waals surface area contributed by atoms with Crippen molar-refractivity contribution >= 4 is 11.9 Å². The smallest absolute Gasteiger partial charge is 0.289 e. The third kappa shape index (κ3) is 4.52. The van der Waals surface area contributed by atoms with Gasteiger partial charge in [0.2, 0.25) is 5.95 Å². The van der Waals surface area contributed by atoms with Crippen molar-refractivity contribution in [3.63, 3.8) is 0 Å². The van der Waals surface area contributed by atoms with Crippen molar-refractivity contribution in [3.05, 3.63) is 36.2 Å². The molecule has 2 aromatic heterocycles. The third-order valence-electron chi connectivity index (χ3n) is 4.02. The van der Waals surface area contributed by atoms with E-state index in [1.54, 1.807) is 29.7 Å². The Kier molecular flexibility index (Phi) is 5.56. The average molecular weight is 345 g/mol. The van der Waals surface area contributed by atoms with Crippen molar-refractivity contribution in [1.82, 2.24) is 29.7 Å². The molecule has 25 heavy (non-hydrogen) atoms. The molecule has 1 amide bonds. The minimum absolute atomic E-state index is 0.191. The number of amides is 1. The molecule has 1 saturated heterocycles. The number of aliphatic hydroxyl groups excluding tert-OH is 1. The Morgan fingerprint density at radius 1 is 1.32 bits per heavy atom. The zero-order valence-corrected chi connectivity index (χ0v) is 14.2. The van der Waals surface area contributed by atoms with Crippen molar-refractivity contribution in [1.29, 1.82) is 0 Å². The molecule has 1 atom stereocenters. The SMILES string of the molecule is CCNc1ncc(CN2CCN(C(=O)c3ncc[nH]3)C[C@H](O)C2)cn1. The van der Waals surface area contributed by atoms with Gasteiger partial charge in [-0.1, -0.05) is 0 Å². The van der Waals surface area contributed by atoms with Crippen LogP contribution in [0.3, 0.4) is 0 Å². The largest absolute Gasteiger partial charge is 0.390 e. The van der Waals surface area contributed by atoms with Crippen molar-refractivity contribution in [2.45, 2.75) is 19.6 Å². The van der Waals surface area contributed by atoms with Gasteiger partial charge in [-0.2, -0.15) is 0 Å². The lowest BCUT2D eigenvalue weighted by Gasteiger charge is -2.21. The molecule has 3 N–H and O–H groups in total. The van der Waals surface area contributed by atoms with Crippen molar-refractivity contribution in [3.8, 4) is 0 Å². The summed E-state index contributed by atoms with van der Waals surface area (Å²) >= 11 is 0. The molecule has 0 unspecified atom stereocenters. The summed E-state index contributed by atoms with van der Waals surface area (Å²) in [6.45, 7) is 5.39. The number of aromatic amines is 1. The number of H-pyrrole nitrogens is 1. The number of carbonyl (C=O) groups excluding carboxylic acids is 1. The van der Waals surface area contributed by atoms with Crippen LogP contribution in [0, 0.1) is 0 Å². The van der Waals surface area contributed by atoms with Crippen LogP contribution in [0.1, 0.15) is 23.1 Å². The van der Waals surface area contributed by atoms with Crippen LogP contribution in [-0.4, -0.2) is 79.6 Å². The molecule has 134 valence electrons. The molecule has 3 heterocycles. The quantitative estimate of drug-likeness (QED) is 0.697. The number of nitrogens with one attached hydrogen (secondary N) is 2. The highest BCUT2D eigenvalue weighted by Gasteiger charge is 2.26. The van der Waals surface area contributed by atoms with E-state index >= 15 is 0 Å². The number of hydrogen-bond donors (Lipinski definition) is 3. The third-order valence-corrected chi connectivity index (χ3v) is 4.02. The minimum atomic E-state index is -0.608. The summed E-state index contributed by atoms with van der Waals surface area (Å²) in [5, 5.41) is 13.3. The summed E-state index contributed by atoms with van der Waals surface area (Å²) in [5.41, 5.74) is 0.972. The molecule has 1 aliphatic rings. The van der Waals surface area contributed by atoms with Crippen molar-refractivity contribution in [2.75, 3.05) is 38.0 Å². The number of hydrogen-bond acceptors (Lipinski definition) is 7. The van der Waals surface area contributed by atoms with E-state index in [1.165, 1.54) is 0 Å². The van der Waals surface area contributed by atoms with E-state index in [0.29, 0.717) is 44.5 Å². The van der Waals surface area contributed by atoms with Gasteiger partial charge in [-0.15, -0.1) is 0 Å². The molecule has 0 radical (unpaired) electrons. The maximum Gasteiger partial charge on any atom is 0.289 e. The Bertz CT molecular complexity index is 674. The molecule has 9 nitrogen and oxygen atoms in total. The van der Waals surface area contributed by atoms with Crippen molar-refractivity contribution < 1.29 is 9.90 Å². The highest BCUT2D eigenvalue weighted by molar-refractivity contribution is 5.90. The fraction of sp³-hybridized carbons (Fsp3) is 0.500. The predicted octanol–water partition coefficient (Wildman–Crippen LogP) is -0.0496. The highest BCUT2D eigenvalue weighted by atomic mass is 16.3. The van der Waals surface area contributed by atoms with Gasteiger partial charge in [-0.25, -0.2) is 15.0 Å². The van der Waals surface area contributed by atoms with Crippen LogP contribution >= 0.6 is 0 Å².